The summed E-state index contributed by atoms with van der Waals surface area (Å²) in [7, 11) is -10.2. The van der Waals surface area contributed by atoms with Crippen LogP contribution in [0.5, 0.6) is 0 Å². The minimum Gasteiger partial charge on any atom is -0.327 e. The molecule has 0 N–H and O–H groups in total. The van der Waals surface area contributed by atoms with Gasteiger partial charge in [0.1, 0.15) is 5.55 Å². The van der Waals surface area contributed by atoms with Crippen molar-refractivity contribution in [1.29, 1.82) is 0 Å². The molecule has 0 saturated carbocycles. The molecule has 0 aliphatic rings. The van der Waals surface area contributed by atoms with Crippen LogP contribution in [0.15, 0.2) is 4.40 Å². The number of rotatable bonds is 5. The van der Waals surface area contributed by atoms with E-state index >= 15 is 0 Å². The second-order valence-electron chi connectivity index (χ2n) is 4.69. The van der Waals surface area contributed by atoms with Crippen molar-refractivity contribution in [2.24, 2.45) is 4.40 Å². The van der Waals surface area contributed by atoms with Crippen molar-refractivity contribution in [1.82, 2.24) is 0 Å². The molecule has 24 heavy (non-hydrogen) atoms. The Morgan fingerprint density at radius 1 is 0.833 bits per heavy atom. The summed E-state index contributed by atoms with van der Waals surface area (Å²) in [5.74, 6) is 0. The largest absolute Gasteiger partial charge is 0.518 e. The van der Waals surface area contributed by atoms with Crippen LogP contribution in [-0.4, -0.2) is 64.6 Å². The lowest BCUT2D eigenvalue weighted by Crippen LogP contribution is -2.42. The third-order valence-electron chi connectivity index (χ3n) is 3.23. The van der Waals surface area contributed by atoms with Crippen LogP contribution < -0.4 is 0 Å². The molecule has 0 aliphatic heterocycles. The van der Waals surface area contributed by atoms with Crippen molar-refractivity contribution in [2.75, 3.05) is 26.7 Å². The molecule has 6 nitrogen and oxygen atoms in total. The quantitative estimate of drug-likeness (QED) is 0.302. The number of halogens is 6. The lowest BCUT2D eigenvalue weighted by atomic mass is 10.4. The van der Waals surface area contributed by atoms with Gasteiger partial charge in [0.05, 0.1) is 26.7 Å². The van der Waals surface area contributed by atoms with Crippen LogP contribution >= 0.6 is 0 Å². The maximum atomic E-state index is 11.5. The van der Waals surface area contributed by atoms with Crippen LogP contribution in [0.25, 0.3) is 0 Å². The Morgan fingerprint density at radius 2 is 1.17 bits per heavy atom. The van der Waals surface area contributed by atoms with Gasteiger partial charge in [0, 0.05) is 0 Å². The third-order valence-corrected chi connectivity index (χ3v) is 5.36. The van der Waals surface area contributed by atoms with Gasteiger partial charge in [-0.1, -0.05) is 0 Å². The van der Waals surface area contributed by atoms with E-state index in [0.29, 0.717) is 0 Å². The minimum atomic E-state index is -6.30. The summed E-state index contributed by atoms with van der Waals surface area (Å²) in [6, 6.07) is 0. The number of sulfone groups is 1. The van der Waals surface area contributed by atoms with Crippen molar-refractivity contribution < 1.29 is 47.7 Å². The average molecular weight is 409 g/mol. The summed E-state index contributed by atoms with van der Waals surface area (Å²) in [6.45, 7) is 10.5. The van der Waals surface area contributed by atoms with E-state index in [1.165, 1.54) is 28.5 Å². The van der Waals surface area contributed by atoms with E-state index in [1.807, 2.05) is 0 Å². The van der Waals surface area contributed by atoms with Crippen LogP contribution in [0.1, 0.15) is 20.8 Å². The molecule has 0 heterocycles. The zero-order valence-electron chi connectivity index (χ0n) is 13.3. The van der Waals surface area contributed by atoms with Gasteiger partial charge in [0.2, 0.25) is 0 Å². The molecule has 0 aromatic heterocycles. The van der Waals surface area contributed by atoms with Gasteiger partial charge in [0.15, 0.2) is 0 Å². The highest BCUT2D eigenvalue weighted by Gasteiger charge is 2.48. The first-order valence-electron chi connectivity index (χ1n) is 6.40. The number of quaternary nitrogens is 1. The molecule has 0 bridgehead atoms. The fourth-order valence-corrected chi connectivity index (χ4v) is 2.05. The Balaban J connectivity index is 0. The molecule has 0 saturated heterocycles. The predicted octanol–water partition coefficient (Wildman–Crippen LogP) is 2.29. The highest BCUT2D eigenvalue weighted by atomic mass is 32.2. The summed E-state index contributed by atoms with van der Waals surface area (Å²) < 4.78 is 112. The molecule has 0 aromatic rings. The molecular weight excluding hydrogens is 390 g/mol. The topological polar surface area (TPSA) is 80.6 Å². The first kappa shape index (κ1) is 25.4. The van der Waals surface area contributed by atoms with Crippen LogP contribution in [0, 0.1) is 0 Å². The van der Waals surface area contributed by atoms with E-state index in [-0.39, 0.29) is 0 Å². The first-order chi connectivity index (χ1) is 10.4. The SMILES string of the molecule is CC[N+](C)(CC)CC.O=S(=O)(/C=N\S(=O)(=O)C(F)(F)F)C(F)(F)F. The summed E-state index contributed by atoms with van der Waals surface area (Å²) in [4.78, 5) is 0. The molecule has 146 valence electrons. The molecule has 0 radical (unpaired) electrons. The van der Waals surface area contributed by atoms with Gasteiger partial charge in [-0.15, -0.1) is 0 Å². The fraction of sp³-hybridized carbons (Fsp3) is 0.900. The van der Waals surface area contributed by atoms with Crippen molar-refractivity contribution in [3.63, 3.8) is 0 Å². The third kappa shape index (κ3) is 7.79. The average Bonchev–Trinajstić information content (AvgIpc) is 2.43. The fourth-order valence-electron chi connectivity index (χ4n) is 0.904. The highest BCUT2D eigenvalue weighted by Crippen LogP contribution is 2.26. The van der Waals surface area contributed by atoms with Gasteiger partial charge in [0.25, 0.3) is 9.84 Å². The number of hydrogen-bond donors (Lipinski definition) is 0. The summed E-state index contributed by atoms with van der Waals surface area (Å²) in [5, 5.41) is 0. The zero-order valence-corrected chi connectivity index (χ0v) is 14.9. The Bertz CT molecular complexity index is 564. The van der Waals surface area contributed by atoms with Gasteiger partial charge in [-0.25, -0.2) is 8.42 Å². The molecule has 0 amide bonds. The summed E-state index contributed by atoms with van der Waals surface area (Å²) in [6.07, 6.45) is 0. The molecule has 0 fully saturated rings. The van der Waals surface area contributed by atoms with Crippen LogP contribution in [0.2, 0.25) is 0 Å². The van der Waals surface area contributed by atoms with Crippen molar-refractivity contribution in [2.45, 2.75) is 31.8 Å². The standard InChI is InChI=1S/C7H18N.C3HF6NO4S2/c1-5-8(4,6-2)7-3;4-2(5,6)15(11,12)1-10-16(13,14)3(7,8)9/h5-7H2,1-4H3;1H/q+1;/b;10-1-. The number of sulfonamides is 1. The van der Waals surface area contributed by atoms with Gasteiger partial charge < -0.3 is 4.48 Å². The molecule has 0 aliphatic carbocycles. The van der Waals surface area contributed by atoms with Crippen LogP contribution in [0.4, 0.5) is 26.3 Å². The molecule has 0 spiro atoms. The van der Waals surface area contributed by atoms with E-state index in [1.54, 1.807) is 0 Å². The Labute approximate surface area is 136 Å². The predicted molar refractivity (Wildman–Crippen MR) is 76.2 cm³/mol. The number of alkyl halides is 6. The minimum absolute atomic E-state index is 1.21. The van der Waals surface area contributed by atoms with Crippen molar-refractivity contribution in [3.05, 3.63) is 0 Å². The maximum absolute atomic E-state index is 11.5. The summed E-state index contributed by atoms with van der Waals surface area (Å²) in [5.41, 5.74) is -13.2. The van der Waals surface area contributed by atoms with E-state index < -0.39 is 36.4 Å². The van der Waals surface area contributed by atoms with E-state index in [0.717, 1.165) is 0 Å². The molecule has 0 rings (SSSR count). The van der Waals surface area contributed by atoms with Crippen molar-refractivity contribution in [3.8, 4) is 0 Å². The zero-order chi connectivity index (χ0) is 20.0. The Kier molecular flexibility index (Phi) is 8.95. The first-order valence-corrected chi connectivity index (χ1v) is 9.39. The molecule has 0 aromatic carbocycles. The highest BCUT2D eigenvalue weighted by molar-refractivity contribution is 8.06. The molecule has 0 atom stereocenters. The Morgan fingerprint density at radius 3 is 1.33 bits per heavy atom. The smallest absolute Gasteiger partial charge is 0.327 e. The van der Waals surface area contributed by atoms with E-state index in [9.17, 15) is 43.2 Å². The molecule has 0 unspecified atom stereocenters. The van der Waals surface area contributed by atoms with Gasteiger partial charge in [-0.2, -0.15) is 39.2 Å². The number of nitrogens with zero attached hydrogens (tertiary/aromatic N) is 2. The van der Waals surface area contributed by atoms with Crippen molar-refractivity contribution >= 4 is 25.4 Å². The van der Waals surface area contributed by atoms with E-state index in [4.69, 9.17) is 0 Å². The number of hydrogen-bond acceptors (Lipinski definition) is 4. The van der Waals surface area contributed by atoms with Crippen LogP contribution in [0.3, 0.4) is 0 Å². The second-order valence-corrected chi connectivity index (χ2v) is 8.08. The second kappa shape index (κ2) is 8.47. The lowest BCUT2D eigenvalue weighted by Gasteiger charge is -2.30. The molecular formula is C10H19F6N2O4S2+. The monoisotopic (exact) mass is 409 g/mol. The normalized spacial score (nSPS) is 14.4. The van der Waals surface area contributed by atoms with E-state index in [2.05, 4.69) is 27.8 Å². The van der Waals surface area contributed by atoms with Gasteiger partial charge in [-0.05, 0) is 20.8 Å². The van der Waals surface area contributed by atoms with Gasteiger partial charge >= 0.3 is 21.0 Å². The van der Waals surface area contributed by atoms with Crippen LogP contribution in [-0.2, 0) is 19.9 Å². The summed E-state index contributed by atoms with van der Waals surface area (Å²) >= 11 is 0. The van der Waals surface area contributed by atoms with Gasteiger partial charge in [-0.3, -0.25) is 0 Å². The molecule has 14 heteroatoms. The maximum Gasteiger partial charge on any atom is 0.518 e. The Hall–Kier alpha value is -0.890. The lowest BCUT2D eigenvalue weighted by molar-refractivity contribution is -0.904.